The lowest BCUT2D eigenvalue weighted by Crippen LogP contribution is -1.99. The molecule has 0 atom stereocenters. The van der Waals surface area contributed by atoms with Crippen molar-refractivity contribution in [1.82, 2.24) is 13.9 Å². The van der Waals surface area contributed by atoms with E-state index in [-0.39, 0.29) is 5.82 Å². The molecule has 0 unspecified atom stereocenters. The van der Waals surface area contributed by atoms with Crippen molar-refractivity contribution in [2.75, 3.05) is 5.73 Å². The van der Waals surface area contributed by atoms with Crippen LogP contribution in [-0.4, -0.2) is 13.9 Å². The van der Waals surface area contributed by atoms with Gasteiger partial charge in [-0.3, -0.25) is 0 Å². The molecule has 0 amide bonds. The van der Waals surface area contributed by atoms with Crippen LogP contribution in [0.2, 0.25) is 0 Å². The number of nitrogen functional groups attached to an aromatic ring is 1. The number of hydrogen-bond donors (Lipinski definition) is 1. The first-order chi connectivity index (χ1) is 9.66. The van der Waals surface area contributed by atoms with E-state index >= 15 is 0 Å². The first-order valence-corrected chi connectivity index (χ1v) is 7.32. The monoisotopic (exact) mass is 288 g/mol. The molecule has 102 valence electrons. The van der Waals surface area contributed by atoms with Crippen molar-refractivity contribution in [3.63, 3.8) is 0 Å². The van der Waals surface area contributed by atoms with Gasteiger partial charge in [-0.1, -0.05) is 6.07 Å². The molecule has 0 bridgehead atoms. The van der Waals surface area contributed by atoms with Gasteiger partial charge in [0, 0.05) is 6.04 Å². The molecule has 1 saturated carbocycles. The summed E-state index contributed by atoms with van der Waals surface area (Å²) in [5.74, 6) is 0.457. The molecular weight excluding hydrogens is 275 g/mol. The van der Waals surface area contributed by atoms with E-state index in [4.69, 9.17) is 5.73 Å². The first kappa shape index (κ1) is 11.8. The number of imidazole rings is 1. The zero-order valence-electron chi connectivity index (χ0n) is 10.9. The second-order valence-electron chi connectivity index (χ2n) is 5.15. The first-order valence-electron chi connectivity index (χ1n) is 6.55. The van der Waals surface area contributed by atoms with Crippen LogP contribution in [0.25, 0.3) is 22.4 Å². The fourth-order valence-corrected chi connectivity index (χ4v) is 3.28. The summed E-state index contributed by atoms with van der Waals surface area (Å²) in [5.41, 5.74) is 8.98. The topological polar surface area (TPSA) is 56.7 Å². The van der Waals surface area contributed by atoms with Gasteiger partial charge in [-0.05, 0) is 43.4 Å². The lowest BCUT2D eigenvalue weighted by atomic mass is 10.2. The number of fused-ring (bicyclic) bond motifs is 1. The van der Waals surface area contributed by atoms with Crippen LogP contribution in [0.5, 0.6) is 0 Å². The highest BCUT2D eigenvalue weighted by molar-refractivity contribution is 7.10. The molecule has 0 radical (unpaired) electrons. The molecule has 0 spiro atoms. The third-order valence-corrected chi connectivity index (χ3v) is 4.46. The molecule has 2 N–H and O–H groups in total. The third kappa shape index (κ3) is 1.57. The van der Waals surface area contributed by atoms with Gasteiger partial charge >= 0.3 is 0 Å². The number of rotatable bonds is 2. The highest BCUT2D eigenvalue weighted by Crippen LogP contribution is 2.43. The highest BCUT2D eigenvalue weighted by Gasteiger charge is 2.31. The minimum Gasteiger partial charge on any atom is -0.389 e. The van der Waals surface area contributed by atoms with Crippen LogP contribution >= 0.6 is 11.5 Å². The van der Waals surface area contributed by atoms with Gasteiger partial charge in [0.05, 0.1) is 16.8 Å². The third-order valence-electron chi connectivity index (χ3n) is 3.70. The summed E-state index contributed by atoms with van der Waals surface area (Å²) in [5, 5.41) is 0.639. The van der Waals surface area contributed by atoms with E-state index in [2.05, 4.69) is 13.9 Å². The zero-order valence-corrected chi connectivity index (χ0v) is 11.7. The van der Waals surface area contributed by atoms with E-state index in [1.165, 1.54) is 17.6 Å². The number of aryl methyl sites for hydroxylation is 1. The molecule has 0 aliphatic heterocycles. The molecule has 3 aromatic rings. The van der Waals surface area contributed by atoms with Gasteiger partial charge in [-0.15, -0.1) is 0 Å². The number of para-hydroxylation sites is 1. The molecule has 4 nitrogen and oxygen atoms in total. The highest BCUT2D eigenvalue weighted by atomic mass is 32.1. The quantitative estimate of drug-likeness (QED) is 0.785. The van der Waals surface area contributed by atoms with Gasteiger partial charge in [0.2, 0.25) is 0 Å². The van der Waals surface area contributed by atoms with E-state index in [1.54, 1.807) is 6.07 Å². The standard InChI is InChI=1S/C14H13FN4S/c1-7-11(13(16)20-18-7)14-17-12-9(15)3-2-4-10(12)19(14)8-5-6-8/h2-4,8H,5-6,16H2,1H3. The maximum Gasteiger partial charge on any atom is 0.151 e. The van der Waals surface area contributed by atoms with E-state index < -0.39 is 0 Å². The molecule has 1 aromatic carbocycles. The summed E-state index contributed by atoms with van der Waals surface area (Å²) >= 11 is 1.26. The van der Waals surface area contributed by atoms with Gasteiger partial charge in [0.1, 0.15) is 16.3 Å². The lowest BCUT2D eigenvalue weighted by molar-refractivity contribution is 0.637. The van der Waals surface area contributed by atoms with Crippen molar-refractivity contribution in [2.45, 2.75) is 25.8 Å². The van der Waals surface area contributed by atoms with E-state index in [0.29, 0.717) is 16.6 Å². The molecule has 1 aliphatic carbocycles. The Morgan fingerprint density at radius 1 is 1.40 bits per heavy atom. The summed E-state index contributed by atoms with van der Waals surface area (Å²) in [7, 11) is 0. The molecular formula is C14H13FN4S. The summed E-state index contributed by atoms with van der Waals surface area (Å²) < 4.78 is 20.4. The molecule has 2 heterocycles. The number of anilines is 1. The van der Waals surface area contributed by atoms with Crippen molar-refractivity contribution in [1.29, 1.82) is 0 Å². The summed E-state index contributed by atoms with van der Waals surface area (Å²) in [4.78, 5) is 4.51. The Hall–Kier alpha value is -1.95. The van der Waals surface area contributed by atoms with Crippen molar-refractivity contribution >= 4 is 27.6 Å². The van der Waals surface area contributed by atoms with E-state index in [1.807, 2.05) is 13.0 Å². The molecule has 0 saturated heterocycles. The Morgan fingerprint density at radius 2 is 2.20 bits per heavy atom. The smallest absolute Gasteiger partial charge is 0.151 e. The van der Waals surface area contributed by atoms with E-state index in [0.717, 1.165) is 35.4 Å². The largest absolute Gasteiger partial charge is 0.389 e. The van der Waals surface area contributed by atoms with E-state index in [9.17, 15) is 4.39 Å². The average Bonchev–Trinajstić information content (AvgIpc) is 3.10. The molecule has 6 heteroatoms. The Bertz CT molecular complexity index is 797. The van der Waals surface area contributed by atoms with Gasteiger partial charge in [0.15, 0.2) is 5.82 Å². The maximum absolute atomic E-state index is 14.0. The number of halogens is 1. The van der Waals surface area contributed by atoms with Gasteiger partial charge < -0.3 is 10.3 Å². The molecule has 20 heavy (non-hydrogen) atoms. The van der Waals surface area contributed by atoms with Crippen molar-refractivity contribution in [3.05, 3.63) is 29.7 Å². The average molecular weight is 288 g/mol. The molecule has 2 aromatic heterocycles. The van der Waals surface area contributed by atoms with Crippen molar-refractivity contribution < 1.29 is 4.39 Å². The number of hydrogen-bond acceptors (Lipinski definition) is 4. The van der Waals surface area contributed by atoms with Gasteiger partial charge in [-0.2, -0.15) is 4.37 Å². The van der Waals surface area contributed by atoms with Crippen molar-refractivity contribution in [2.24, 2.45) is 0 Å². The minimum atomic E-state index is -0.289. The second kappa shape index (κ2) is 4.02. The number of nitrogens with two attached hydrogens (primary N) is 1. The predicted molar refractivity (Wildman–Crippen MR) is 78.2 cm³/mol. The van der Waals surface area contributed by atoms with Crippen LogP contribution in [0.15, 0.2) is 18.2 Å². The fraction of sp³-hybridized carbons (Fsp3) is 0.286. The number of aromatic nitrogens is 3. The number of benzene rings is 1. The predicted octanol–water partition coefficient (Wildman–Crippen LogP) is 3.52. The number of nitrogens with zero attached hydrogens (tertiary/aromatic N) is 3. The Morgan fingerprint density at radius 3 is 2.85 bits per heavy atom. The zero-order chi connectivity index (χ0) is 13.9. The minimum absolute atomic E-state index is 0.289. The fourth-order valence-electron chi connectivity index (χ4n) is 2.62. The Balaban J connectivity index is 2.09. The van der Waals surface area contributed by atoms with Crippen LogP contribution in [0.1, 0.15) is 24.6 Å². The van der Waals surface area contributed by atoms with Crippen LogP contribution in [0.4, 0.5) is 9.39 Å². The van der Waals surface area contributed by atoms with Gasteiger partial charge in [0.25, 0.3) is 0 Å². The normalized spacial score (nSPS) is 15.1. The second-order valence-corrected chi connectivity index (χ2v) is 5.96. The molecule has 1 fully saturated rings. The SMILES string of the molecule is Cc1nsc(N)c1-c1nc2c(F)cccc2n1C1CC1. The molecule has 4 rings (SSSR count). The summed E-state index contributed by atoms with van der Waals surface area (Å²) in [6, 6.07) is 5.48. The van der Waals surface area contributed by atoms with Crippen LogP contribution in [0, 0.1) is 12.7 Å². The molecule has 1 aliphatic rings. The Labute approximate surface area is 119 Å². The van der Waals surface area contributed by atoms with Gasteiger partial charge in [-0.25, -0.2) is 9.37 Å². The van der Waals surface area contributed by atoms with Crippen molar-refractivity contribution in [3.8, 4) is 11.4 Å². The summed E-state index contributed by atoms with van der Waals surface area (Å²) in [6.07, 6.45) is 2.21. The Kier molecular flexibility index (Phi) is 2.38. The van der Waals surface area contributed by atoms with Crippen LogP contribution < -0.4 is 5.73 Å². The maximum atomic E-state index is 14.0. The van der Waals surface area contributed by atoms with Crippen LogP contribution in [0.3, 0.4) is 0 Å². The lowest BCUT2D eigenvalue weighted by Gasteiger charge is -2.07. The van der Waals surface area contributed by atoms with Crippen LogP contribution in [-0.2, 0) is 0 Å². The summed E-state index contributed by atoms with van der Waals surface area (Å²) in [6.45, 7) is 1.91.